The van der Waals surface area contributed by atoms with Gasteiger partial charge in [0.2, 0.25) is 21.8 Å². The predicted octanol–water partition coefficient (Wildman–Crippen LogP) is 4.40. The van der Waals surface area contributed by atoms with Gasteiger partial charge < -0.3 is 10.1 Å². The minimum Gasteiger partial charge on any atom is -0.379 e. The molecule has 2 aromatic carbocycles. The second-order valence-electron chi connectivity index (χ2n) is 9.54. The van der Waals surface area contributed by atoms with E-state index < -0.39 is 21.1 Å². The van der Waals surface area contributed by atoms with E-state index in [2.05, 4.69) is 10.3 Å². The van der Waals surface area contributed by atoms with Crippen molar-refractivity contribution in [3.05, 3.63) is 53.3 Å². The number of sulfonamides is 1. The molecule has 3 fully saturated rings. The van der Waals surface area contributed by atoms with E-state index in [1.807, 2.05) is 0 Å². The van der Waals surface area contributed by atoms with Crippen LogP contribution in [-0.2, 0) is 24.3 Å². The summed E-state index contributed by atoms with van der Waals surface area (Å²) in [5.74, 6) is -1.01. The molecule has 0 spiro atoms. The summed E-state index contributed by atoms with van der Waals surface area (Å²) in [5.41, 5.74) is 0.671. The van der Waals surface area contributed by atoms with Gasteiger partial charge in [0.15, 0.2) is 5.17 Å². The van der Waals surface area contributed by atoms with Gasteiger partial charge >= 0.3 is 0 Å². The quantitative estimate of drug-likeness (QED) is 0.509. The Kier molecular flexibility index (Phi) is 8.57. The second-order valence-corrected chi connectivity index (χ2v) is 13.1. The molecule has 3 aliphatic rings. The lowest BCUT2D eigenvalue weighted by molar-refractivity contribution is -0.129. The van der Waals surface area contributed by atoms with Crippen LogP contribution in [0.25, 0.3) is 0 Å². The number of hydrogen-bond donors (Lipinski definition) is 1. The number of carbonyl (C=O) groups is 2. The van der Waals surface area contributed by atoms with Crippen LogP contribution in [0, 0.1) is 5.82 Å². The van der Waals surface area contributed by atoms with Gasteiger partial charge in [0.05, 0.1) is 28.8 Å². The number of carbonyl (C=O) groups excluding carboxylic acids is 2. The Morgan fingerprint density at radius 1 is 1.13 bits per heavy atom. The average molecular weight is 595 g/mol. The highest BCUT2D eigenvalue weighted by atomic mass is 35.5. The van der Waals surface area contributed by atoms with Crippen molar-refractivity contribution in [1.82, 2.24) is 9.21 Å². The van der Waals surface area contributed by atoms with Gasteiger partial charge in [-0.25, -0.2) is 17.8 Å². The summed E-state index contributed by atoms with van der Waals surface area (Å²) in [4.78, 5) is 32.6. The number of morpholine rings is 1. The van der Waals surface area contributed by atoms with Crippen molar-refractivity contribution in [3.8, 4) is 0 Å². The highest BCUT2D eigenvalue weighted by Crippen LogP contribution is 2.39. The van der Waals surface area contributed by atoms with Gasteiger partial charge in [0.25, 0.3) is 0 Å². The van der Waals surface area contributed by atoms with Crippen LogP contribution in [0.5, 0.6) is 0 Å². The van der Waals surface area contributed by atoms with Crippen LogP contribution in [0.3, 0.4) is 0 Å². The Balaban J connectivity index is 1.40. The number of rotatable bonds is 7. The smallest absolute Gasteiger partial charge is 0.243 e. The molecule has 0 bridgehead atoms. The summed E-state index contributed by atoms with van der Waals surface area (Å²) in [6, 6.07) is 9.71. The van der Waals surface area contributed by atoms with Crippen molar-refractivity contribution in [2.24, 2.45) is 4.99 Å². The van der Waals surface area contributed by atoms with E-state index in [-0.39, 0.29) is 53.0 Å². The number of amidine groups is 1. The number of halogens is 2. The third kappa shape index (κ3) is 6.30. The lowest BCUT2D eigenvalue weighted by atomic mass is 10.2. The number of benzene rings is 2. The van der Waals surface area contributed by atoms with Crippen molar-refractivity contribution in [2.75, 3.05) is 31.6 Å². The van der Waals surface area contributed by atoms with Gasteiger partial charge in [-0.3, -0.25) is 14.5 Å². The molecule has 2 saturated heterocycles. The molecule has 0 aromatic heterocycles. The molecule has 1 atom stereocenters. The molecule has 2 aromatic rings. The zero-order valence-electron chi connectivity index (χ0n) is 21.0. The van der Waals surface area contributed by atoms with Gasteiger partial charge in [-0.2, -0.15) is 4.31 Å². The summed E-state index contributed by atoms with van der Waals surface area (Å²) in [6.45, 7) is 1.17. The number of hydrogen-bond acceptors (Lipinski definition) is 7. The van der Waals surface area contributed by atoms with E-state index in [1.54, 1.807) is 4.90 Å². The summed E-state index contributed by atoms with van der Waals surface area (Å²) in [7, 11) is -3.77. The summed E-state index contributed by atoms with van der Waals surface area (Å²) in [6.07, 6.45) is 3.51. The topological polar surface area (TPSA) is 108 Å². The number of nitrogens with zero attached hydrogens (tertiary/aromatic N) is 3. The number of anilines is 1. The third-order valence-corrected chi connectivity index (χ3v) is 10.3. The maximum absolute atomic E-state index is 13.5. The molecule has 2 heterocycles. The van der Waals surface area contributed by atoms with Crippen LogP contribution in [-0.4, -0.2) is 72.2 Å². The zero-order chi connectivity index (χ0) is 27.6. The predicted molar refractivity (Wildman–Crippen MR) is 148 cm³/mol. The van der Waals surface area contributed by atoms with Crippen molar-refractivity contribution in [2.45, 2.75) is 48.3 Å². The summed E-state index contributed by atoms with van der Waals surface area (Å²) < 4.78 is 46.2. The van der Waals surface area contributed by atoms with Gasteiger partial charge in [-0.05, 0) is 55.3 Å². The summed E-state index contributed by atoms with van der Waals surface area (Å²) >= 11 is 7.61. The van der Waals surface area contributed by atoms with E-state index >= 15 is 0 Å². The maximum atomic E-state index is 13.5. The molecule has 39 heavy (non-hydrogen) atoms. The van der Waals surface area contributed by atoms with Gasteiger partial charge in [0, 0.05) is 31.2 Å². The lowest BCUT2D eigenvalue weighted by Crippen LogP contribution is -2.40. The molecule has 208 valence electrons. The van der Waals surface area contributed by atoms with Crippen LogP contribution in [0.2, 0.25) is 5.02 Å². The Morgan fingerprint density at radius 3 is 2.51 bits per heavy atom. The standard InChI is InChI=1S/C26H28ClFN4O5S2/c27-21-10-9-20(39(35,36)31-11-13-37-14-12-31)15-22(21)30-26-32(19-3-1-2-4-19)25(34)23(38-26)16-24(33)29-18-7-5-17(28)6-8-18/h5-10,15,19,23H,1-4,11-14,16H2,(H,29,33)/t23-/m0/s1. The minimum absolute atomic E-state index is 0.0482. The van der Waals surface area contributed by atoms with E-state index in [9.17, 15) is 22.4 Å². The molecular formula is C26H28ClFN4O5S2. The molecule has 2 aliphatic heterocycles. The van der Waals surface area contributed by atoms with Crippen molar-refractivity contribution < 1.29 is 27.1 Å². The van der Waals surface area contributed by atoms with Crippen LogP contribution < -0.4 is 5.32 Å². The summed E-state index contributed by atoms with van der Waals surface area (Å²) in [5, 5.41) is 2.64. The highest BCUT2D eigenvalue weighted by molar-refractivity contribution is 8.15. The number of aliphatic imine (C=N–C) groups is 1. The van der Waals surface area contributed by atoms with Crippen molar-refractivity contribution in [3.63, 3.8) is 0 Å². The highest BCUT2D eigenvalue weighted by Gasteiger charge is 2.43. The Hall–Kier alpha value is -2.51. The second kappa shape index (κ2) is 11.9. The molecule has 0 radical (unpaired) electrons. The fourth-order valence-electron chi connectivity index (χ4n) is 4.88. The molecule has 1 aliphatic carbocycles. The zero-order valence-corrected chi connectivity index (χ0v) is 23.4. The Bertz CT molecular complexity index is 1380. The number of nitrogens with one attached hydrogen (secondary N) is 1. The molecule has 2 amide bonds. The average Bonchev–Trinajstić information content (AvgIpc) is 3.55. The first kappa shape index (κ1) is 28.0. The van der Waals surface area contributed by atoms with E-state index in [1.165, 1.54) is 58.5 Å². The molecule has 13 heteroatoms. The van der Waals surface area contributed by atoms with Crippen LogP contribution >= 0.6 is 23.4 Å². The molecule has 1 saturated carbocycles. The molecular weight excluding hydrogens is 567 g/mol. The molecule has 5 rings (SSSR count). The Morgan fingerprint density at radius 2 is 1.82 bits per heavy atom. The number of ether oxygens (including phenoxy) is 1. The fraction of sp³-hybridized carbons (Fsp3) is 0.423. The third-order valence-electron chi connectivity index (χ3n) is 6.90. The number of thioether (sulfide) groups is 1. The molecule has 1 N–H and O–H groups in total. The minimum atomic E-state index is -3.77. The van der Waals surface area contributed by atoms with Crippen LogP contribution in [0.4, 0.5) is 15.8 Å². The van der Waals surface area contributed by atoms with Crippen molar-refractivity contribution in [1.29, 1.82) is 0 Å². The van der Waals surface area contributed by atoms with Crippen LogP contribution in [0.15, 0.2) is 52.4 Å². The maximum Gasteiger partial charge on any atom is 0.243 e. The monoisotopic (exact) mass is 594 g/mol. The van der Waals surface area contributed by atoms with E-state index in [0.29, 0.717) is 24.1 Å². The number of amides is 2. The normalized spacial score (nSPS) is 22.1. The first-order valence-electron chi connectivity index (χ1n) is 12.7. The van der Waals surface area contributed by atoms with Gasteiger partial charge in [-0.1, -0.05) is 36.2 Å². The molecule has 0 unspecified atom stereocenters. The Labute approximate surface area is 235 Å². The first-order chi connectivity index (χ1) is 18.7. The molecule has 9 nitrogen and oxygen atoms in total. The van der Waals surface area contributed by atoms with E-state index in [0.717, 1.165) is 25.7 Å². The van der Waals surface area contributed by atoms with Crippen LogP contribution in [0.1, 0.15) is 32.1 Å². The fourth-order valence-corrected chi connectivity index (χ4v) is 7.68. The van der Waals surface area contributed by atoms with E-state index in [4.69, 9.17) is 16.3 Å². The lowest BCUT2D eigenvalue weighted by Gasteiger charge is -2.26. The van der Waals surface area contributed by atoms with Gasteiger partial charge in [0.1, 0.15) is 11.1 Å². The van der Waals surface area contributed by atoms with Crippen molar-refractivity contribution >= 4 is 61.7 Å². The van der Waals surface area contributed by atoms with Gasteiger partial charge in [-0.15, -0.1) is 0 Å². The largest absolute Gasteiger partial charge is 0.379 e. The first-order valence-corrected chi connectivity index (χ1v) is 15.4. The SMILES string of the molecule is O=C(C[C@@H]1SC(=Nc2cc(S(=O)(=O)N3CCOCC3)ccc2Cl)N(C2CCCC2)C1=O)Nc1ccc(F)cc1.